The minimum atomic E-state index is -4.05. The molecule has 1 N–H and O–H groups in total. The average molecular weight is 330 g/mol. The lowest BCUT2D eigenvalue weighted by Gasteiger charge is -2.16. The summed E-state index contributed by atoms with van der Waals surface area (Å²) >= 11 is 4.92. The minimum Gasteiger partial charge on any atom is -0.310 e. The van der Waals surface area contributed by atoms with Crippen molar-refractivity contribution in [1.29, 1.82) is 0 Å². The van der Waals surface area contributed by atoms with E-state index in [2.05, 4.69) is 21.2 Å². The lowest BCUT2D eigenvalue weighted by Crippen LogP contribution is -2.20. The third kappa shape index (κ3) is 5.88. The number of alkyl halides is 3. The molecule has 1 aromatic heterocycles. The van der Waals surface area contributed by atoms with Crippen LogP contribution in [0.5, 0.6) is 0 Å². The van der Waals surface area contributed by atoms with Crippen molar-refractivity contribution in [1.82, 2.24) is 5.32 Å². The van der Waals surface area contributed by atoms with E-state index in [0.29, 0.717) is 6.42 Å². The Labute approximate surface area is 112 Å². The highest BCUT2D eigenvalue weighted by molar-refractivity contribution is 9.10. The van der Waals surface area contributed by atoms with Gasteiger partial charge in [-0.3, -0.25) is 0 Å². The van der Waals surface area contributed by atoms with Gasteiger partial charge >= 0.3 is 6.18 Å². The summed E-state index contributed by atoms with van der Waals surface area (Å²) in [7, 11) is 0. The maximum absolute atomic E-state index is 12.1. The predicted molar refractivity (Wildman–Crippen MR) is 68.3 cm³/mol. The minimum absolute atomic E-state index is 0.0265. The lowest BCUT2D eigenvalue weighted by molar-refractivity contribution is -0.135. The van der Waals surface area contributed by atoms with Crippen LogP contribution in [-0.4, -0.2) is 12.7 Å². The van der Waals surface area contributed by atoms with Gasteiger partial charge in [0.2, 0.25) is 0 Å². The standard InChI is InChI=1S/C11H15BrF3NS/c1-2-16-9(4-3-5-11(13,14)15)10-6-8(12)7-17-10/h6-7,9,16H,2-5H2,1H3. The van der Waals surface area contributed by atoms with E-state index in [1.807, 2.05) is 18.4 Å². The van der Waals surface area contributed by atoms with Gasteiger partial charge in [-0.25, -0.2) is 0 Å². The monoisotopic (exact) mass is 329 g/mol. The largest absolute Gasteiger partial charge is 0.389 e. The SMILES string of the molecule is CCNC(CCCC(F)(F)F)c1cc(Br)cs1. The first-order valence-electron chi connectivity index (χ1n) is 5.46. The maximum atomic E-state index is 12.1. The van der Waals surface area contributed by atoms with Crippen molar-refractivity contribution in [3.63, 3.8) is 0 Å². The zero-order valence-corrected chi connectivity index (χ0v) is 11.9. The first kappa shape index (κ1) is 15.0. The smallest absolute Gasteiger partial charge is 0.310 e. The second-order valence-corrected chi connectivity index (χ2v) is 5.64. The molecule has 1 atom stereocenters. The number of hydrogen-bond acceptors (Lipinski definition) is 2. The normalized spacial score (nSPS) is 13.9. The topological polar surface area (TPSA) is 12.0 Å². The summed E-state index contributed by atoms with van der Waals surface area (Å²) in [5.41, 5.74) is 0. The van der Waals surface area contributed by atoms with Gasteiger partial charge in [-0.05, 0) is 41.4 Å². The van der Waals surface area contributed by atoms with Gasteiger partial charge in [-0.1, -0.05) is 6.92 Å². The van der Waals surface area contributed by atoms with Gasteiger partial charge in [-0.2, -0.15) is 13.2 Å². The quantitative estimate of drug-likeness (QED) is 0.783. The number of hydrogen-bond donors (Lipinski definition) is 1. The Morgan fingerprint density at radius 3 is 2.65 bits per heavy atom. The fourth-order valence-electron chi connectivity index (χ4n) is 1.61. The van der Waals surface area contributed by atoms with Gasteiger partial charge < -0.3 is 5.32 Å². The summed E-state index contributed by atoms with van der Waals surface area (Å²) in [5, 5.41) is 5.17. The summed E-state index contributed by atoms with van der Waals surface area (Å²) in [6.07, 6.45) is -4.08. The lowest BCUT2D eigenvalue weighted by atomic mass is 10.1. The van der Waals surface area contributed by atoms with Crippen molar-refractivity contribution in [2.24, 2.45) is 0 Å². The van der Waals surface area contributed by atoms with Crippen LogP contribution in [0.3, 0.4) is 0 Å². The highest BCUT2D eigenvalue weighted by Gasteiger charge is 2.27. The van der Waals surface area contributed by atoms with E-state index in [4.69, 9.17) is 0 Å². The Morgan fingerprint density at radius 2 is 2.18 bits per heavy atom. The van der Waals surface area contributed by atoms with Crippen LogP contribution >= 0.6 is 27.3 Å². The molecule has 0 aliphatic rings. The van der Waals surface area contributed by atoms with Crippen molar-refractivity contribution in [2.45, 2.75) is 38.4 Å². The number of halogens is 4. The molecule has 17 heavy (non-hydrogen) atoms. The maximum Gasteiger partial charge on any atom is 0.389 e. The van der Waals surface area contributed by atoms with E-state index in [1.165, 1.54) is 0 Å². The van der Waals surface area contributed by atoms with Crippen LogP contribution < -0.4 is 5.32 Å². The molecule has 6 heteroatoms. The van der Waals surface area contributed by atoms with Crippen LogP contribution in [-0.2, 0) is 0 Å². The van der Waals surface area contributed by atoms with Crippen LogP contribution in [0, 0.1) is 0 Å². The molecule has 0 aliphatic carbocycles. The first-order valence-corrected chi connectivity index (χ1v) is 7.13. The third-order valence-electron chi connectivity index (χ3n) is 2.33. The predicted octanol–water partition coefficient (Wildman–Crippen LogP) is 4.89. The van der Waals surface area contributed by atoms with Crippen molar-refractivity contribution < 1.29 is 13.2 Å². The van der Waals surface area contributed by atoms with Crippen LogP contribution in [0.15, 0.2) is 15.9 Å². The molecular weight excluding hydrogens is 315 g/mol. The Balaban J connectivity index is 2.49. The number of nitrogens with one attached hydrogen (secondary N) is 1. The summed E-state index contributed by atoms with van der Waals surface area (Å²) in [4.78, 5) is 1.08. The first-order chi connectivity index (χ1) is 7.92. The Hall–Kier alpha value is -0.0700. The molecule has 0 spiro atoms. The van der Waals surface area contributed by atoms with Crippen LogP contribution in [0.1, 0.15) is 37.1 Å². The van der Waals surface area contributed by atoms with Crippen molar-refractivity contribution in [3.05, 3.63) is 20.8 Å². The Bertz CT molecular complexity index is 338. The van der Waals surface area contributed by atoms with E-state index >= 15 is 0 Å². The van der Waals surface area contributed by atoms with E-state index in [1.54, 1.807) is 11.3 Å². The van der Waals surface area contributed by atoms with Gasteiger partial charge in [0, 0.05) is 27.2 Å². The molecule has 0 amide bonds. The molecule has 0 aromatic carbocycles. The van der Waals surface area contributed by atoms with E-state index < -0.39 is 12.6 Å². The molecule has 1 rings (SSSR count). The fraction of sp³-hybridized carbons (Fsp3) is 0.636. The molecule has 0 fully saturated rings. The molecule has 98 valence electrons. The van der Waals surface area contributed by atoms with Gasteiger partial charge in [-0.15, -0.1) is 11.3 Å². The summed E-state index contributed by atoms with van der Waals surface area (Å²) in [6, 6.07) is 1.99. The molecule has 1 heterocycles. The number of rotatable bonds is 6. The Morgan fingerprint density at radius 1 is 1.47 bits per heavy atom. The van der Waals surface area contributed by atoms with Gasteiger partial charge in [0.05, 0.1) is 0 Å². The van der Waals surface area contributed by atoms with E-state index in [0.717, 1.165) is 15.9 Å². The molecule has 0 saturated carbocycles. The molecule has 0 aliphatic heterocycles. The number of thiophene rings is 1. The molecule has 0 radical (unpaired) electrons. The van der Waals surface area contributed by atoms with Crippen molar-refractivity contribution in [3.8, 4) is 0 Å². The fourth-order valence-corrected chi connectivity index (χ4v) is 3.16. The van der Waals surface area contributed by atoms with E-state index in [-0.39, 0.29) is 12.5 Å². The Kier molecular flexibility index (Phi) is 5.95. The highest BCUT2D eigenvalue weighted by atomic mass is 79.9. The van der Waals surface area contributed by atoms with E-state index in [9.17, 15) is 13.2 Å². The second kappa shape index (κ2) is 6.75. The van der Waals surface area contributed by atoms with Gasteiger partial charge in [0.1, 0.15) is 0 Å². The summed E-state index contributed by atoms with van der Waals surface area (Å²) in [5.74, 6) is 0. The van der Waals surface area contributed by atoms with Crippen molar-refractivity contribution >= 4 is 27.3 Å². The average Bonchev–Trinajstić information content (AvgIpc) is 2.62. The molecule has 1 aromatic rings. The zero-order valence-electron chi connectivity index (χ0n) is 9.48. The molecule has 0 bridgehead atoms. The van der Waals surface area contributed by atoms with Crippen molar-refractivity contribution in [2.75, 3.05) is 6.54 Å². The highest BCUT2D eigenvalue weighted by Crippen LogP contribution is 2.30. The summed E-state index contributed by atoms with van der Waals surface area (Å²) < 4.78 is 37.2. The van der Waals surface area contributed by atoms with Gasteiger partial charge in [0.15, 0.2) is 0 Å². The summed E-state index contributed by atoms with van der Waals surface area (Å²) in [6.45, 7) is 2.71. The molecular formula is C11H15BrF3NS. The van der Waals surface area contributed by atoms with Gasteiger partial charge in [0.25, 0.3) is 0 Å². The molecule has 0 saturated heterocycles. The third-order valence-corrected chi connectivity index (χ3v) is 4.14. The molecule has 1 nitrogen and oxygen atoms in total. The zero-order chi connectivity index (χ0) is 12.9. The van der Waals surface area contributed by atoms with Crippen LogP contribution in [0.2, 0.25) is 0 Å². The molecule has 1 unspecified atom stereocenters. The second-order valence-electron chi connectivity index (χ2n) is 3.78. The van der Waals surface area contributed by atoms with Crippen LogP contribution in [0.4, 0.5) is 13.2 Å². The van der Waals surface area contributed by atoms with Crippen LogP contribution in [0.25, 0.3) is 0 Å².